The van der Waals surface area contributed by atoms with Crippen LogP contribution in [0.15, 0.2) is 21.6 Å². The van der Waals surface area contributed by atoms with Crippen LogP contribution in [0.1, 0.15) is 37.1 Å². The largest absolute Gasteiger partial charge is 0.361 e. The van der Waals surface area contributed by atoms with Gasteiger partial charge in [0, 0.05) is 18.7 Å². The summed E-state index contributed by atoms with van der Waals surface area (Å²) in [5, 5.41) is 6.92. The number of imidazole rings is 1. The number of aryl methyl sites for hydroxylation is 2. The molecule has 0 amide bonds. The Morgan fingerprint density at radius 1 is 1.22 bits per heavy atom. The van der Waals surface area contributed by atoms with E-state index in [2.05, 4.69) is 25.2 Å². The van der Waals surface area contributed by atoms with E-state index in [9.17, 15) is 8.42 Å². The lowest BCUT2D eigenvalue weighted by Gasteiger charge is -2.14. The zero-order valence-corrected chi connectivity index (χ0v) is 16.4. The normalized spacial score (nSPS) is 15.7. The monoisotopic (exact) mass is 389 g/mol. The zero-order valence-electron chi connectivity index (χ0n) is 15.6. The number of anilines is 1. The molecule has 0 bridgehead atoms. The first-order valence-corrected chi connectivity index (χ1v) is 10.5. The van der Waals surface area contributed by atoms with Gasteiger partial charge < -0.3 is 14.8 Å². The van der Waals surface area contributed by atoms with Gasteiger partial charge in [-0.15, -0.1) is 0 Å². The van der Waals surface area contributed by atoms with Crippen molar-refractivity contribution < 1.29 is 12.9 Å². The molecule has 4 rings (SSSR count). The van der Waals surface area contributed by atoms with Gasteiger partial charge in [-0.05, 0) is 44.4 Å². The van der Waals surface area contributed by atoms with E-state index in [-0.39, 0.29) is 10.9 Å². The molecule has 9 heteroatoms. The summed E-state index contributed by atoms with van der Waals surface area (Å²) in [6, 6.07) is 3.52. The van der Waals surface area contributed by atoms with Crippen molar-refractivity contribution in [2.75, 3.05) is 12.4 Å². The van der Waals surface area contributed by atoms with Gasteiger partial charge in [0.1, 0.15) is 16.2 Å². The van der Waals surface area contributed by atoms with Gasteiger partial charge in [-0.3, -0.25) is 0 Å². The van der Waals surface area contributed by atoms with Crippen molar-refractivity contribution >= 4 is 27.0 Å². The van der Waals surface area contributed by atoms with Gasteiger partial charge in [0.2, 0.25) is 16.0 Å². The first kappa shape index (κ1) is 18.0. The molecule has 27 heavy (non-hydrogen) atoms. The number of nitrogens with one attached hydrogen (secondary N) is 3. The molecule has 0 spiro atoms. The molecule has 1 fully saturated rings. The number of benzene rings is 1. The molecule has 2 heterocycles. The number of aromatic nitrogens is 3. The lowest BCUT2D eigenvalue weighted by molar-refractivity contribution is 0.393. The molecule has 2 aromatic heterocycles. The third kappa shape index (κ3) is 3.21. The minimum atomic E-state index is -3.72. The minimum Gasteiger partial charge on any atom is -0.361 e. The molecule has 3 N–H and O–H groups in total. The van der Waals surface area contributed by atoms with Crippen molar-refractivity contribution in [3.05, 3.63) is 23.6 Å². The first-order chi connectivity index (χ1) is 12.9. The standard InChI is InChI=1S/C18H23N5O3S/c1-10-16(11(2)26-22-10)12-8-14-17(21-18(19-3)20-14)15(9-12)27(24,25)23-13-6-4-5-7-13/h8-9,13,23H,4-7H2,1-3H3,(H2,19,20,21). The number of rotatable bonds is 5. The molecule has 0 unspecified atom stereocenters. The predicted molar refractivity (Wildman–Crippen MR) is 103 cm³/mol. The molecule has 3 aromatic rings. The molecule has 0 radical (unpaired) electrons. The van der Waals surface area contributed by atoms with Crippen molar-refractivity contribution in [1.82, 2.24) is 19.8 Å². The molecular weight excluding hydrogens is 366 g/mol. The summed E-state index contributed by atoms with van der Waals surface area (Å²) in [6.07, 6.45) is 3.84. The van der Waals surface area contributed by atoms with Crippen LogP contribution in [-0.4, -0.2) is 36.6 Å². The topological polar surface area (TPSA) is 113 Å². The van der Waals surface area contributed by atoms with Gasteiger partial charge in [-0.2, -0.15) is 0 Å². The van der Waals surface area contributed by atoms with Gasteiger partial charge >= 0.3 is 0 Å². The Balaban J connectivity index is 1.90. The second-order valence-electron chi connectivity index (χ2n) is 7.01. The third-order valence-corrected chi connectivity index (χ3v) is 6.61. The molecule has 144 valence electrons. The number of fused-ring (bicyclic) bond motifs is 1. The molecule has 0 atom stereocenters. The highest BCUT2D eigenvalue weighted by Crippen LogP contribution is 2.34. The second-order valence-corrected chi connectivity index (χ2v) is 8.69. The van der Waals surface area contributed by atoms with E-state index in [1.165, 1.54) is 0 Å². The number of nitrogens with zero attached hydrogens (tertiary/aromatic N) is 2. The summed E-state index contributed by atoms with van der Waals surface area (Å²) in [6.45, 7) is 3.66. The number of hydrogen-bond donors (Lipinski definition) is 3. The predicted octanol–water partition coefficient (Wildman–Crippen LogP) is 3.10. The van der Waals surface area contributed by atoms with E-state index in [0.717, 1.165) is 36.8 Å². The Morgan fingerprint density at radius 3 is 2.59 bits per heavy atom. The van der Waals surface area contributed by atoms with Crippen LogP contribution in [0.2, 0.25) is 0 Å². The molecule has 8 nitrogen and oxygen atoms in total. The molecule has 1 saturated carbocycles. The van der Waals surface area contributed by atoms with E-state index in [0.29, 0.717) is 28.4 Å². The Morgan fingerprint density at radius 2 is 1.96 bits per heavy atom. The quantitative estimate of drug-likeness (QED) is 0.618. The van der Waals surface area contributed by atoms with Gasteiger partial charge in [-0.1, -0.05) is 18.0 Å². The van der Waals surface area contributed by atoms with Crippen LogP contribution in [0.25, 0.3) is 22.2 Å². The summed E-state index contributed by atoms with van der Waals surface area (Å²) in [5.41, 5.74) is 3.31. The number of H-pyrrole nitrogens is 1. The van der Waals surface area contributed by atoms with Crippen LogP contribution >= 0.6 is 0 Å². The highest BCUT2D eigenvalue weighted by molar-refractivity contribution is 7.89. The molecule has 0 aliphatic heterocycles. The van der Waals surface area contributed by atoms with E-state index in [1.807, 2.05) is 19.9 Å². The summed E-state index contributed by atoms with van der Waals surface area (Å²) >= 11 is 0. The maximum atomic E-state index is 13.2. The summed E-state index contributed by atoms with van der Waals surface area (Å²) in [4.78, 5) is 7.71. The van der Waals surface area contributed by atoms with Crippen LogP contribution in [0, 0.1) is 13.8 Å². The van der Waals surface area contributed by atoms with Crippen LogP contribution in [-0.2, 0) is 10.0 Å². The minimum absolute atomic E-state index is 0.0181. The smallest absolute Gasteiger partial charge is 0.243 e. The van der Waals surface area contributed by atoms with E-state index < -0.39 is 10.0 Å². The van der Waals surface area contributed by atoms with Gasteiger partial charge in [0.15, 0.2) is 0 Å². The molecule has 1 aliphatic rings. The molecule has 0 saturated heterocycles. The van der Waals surface area contributed by atoms with Crippen molar-refractivity contribution in [3.63, 3.8) is 0 Å². The average Bonchev–Trinajstić information content (AvgIpc) is 3.34. The van der Waals surface area contributed by atoms with E-state index in [4.69, 9.17) is 4.52 Å². The Hall–Kier alpha value is -2.39. The van der Waals surface area contributed by atoms with Crippen LogP contribution in [0.3, 0.4) is 0 Å². The third-order valence-electron chi connectivity index (χ3n) is 5.08. The Labute approximate surface area is 157 Å². The van der Waals surface area contributed by atoms with Gasteiger partial charge in [0.25, 0.3) is 0 Å². The number of hydrogen-bond acceptors (Lipinski definition) is 6. The Kier molecular flexibility index (Phi) is 4.43. The Bertz CT molecular complexity index is 1070. The SMILES string of the molecule is CNc1nc2c(S(=O)(=O)NC3CCCC3)cc(-c3c(C)noc3C)cc2[nH]1. The fraction of sp³-hybridized carbons (Fsp3) is 0.444. The maximum absolute atomic E-state index is 13.2. The second kappa shape index (κ2) is 6.65. The van der Waals surface area contributed by atoms with Crippen molar-refractivity contribution in [3.8, 4) is 11.1 Å². The van der Waals surface area contributed by atoms with Crippen LogP contribution in [0.5, 0.6) is 0 Å². The maximum Gasteiger partial charge on any atom is 0.243 e. The van der Waals surface area contributed by atoms with Gasteiger partial charge in [0.05, 0.1) is 11.2 Å². The lowest BCUT2D eigenvalue weighted by atomic mass is 10.0. The molecular formula is C18H23N5O3S. The molecule has 1 aliphatic carbocycles. The highest BCUT2D eigenvalue weighted by Gasteiger charge is 2.27. The van der Waals surface area contributed by atoms with Gasteiger partial charge in [-0.25, -0.2) is 18.1 Å². The summed E-state index contributed by atoms with van der Waals surface area (Å²) < 4.78 is 34.5. The van der Waals surface area contributed by atoms with E-state index >= 15 is 0 Å². The highest BCUT2D eigenvalue weighted by atomic mass is 32.2. The lowest BCUT2D eigenvalue weighted by Crippen LogP contribution is -2.32. The first-order valence-electron chi connectivity index (χ1n) is 9.06. The van der Waals surface area contributed by atoms with Crippen molar-refractivity contribution in [2.45, 2.75) is 50.5 Å². The number of aromatic amines is 1. The van der Waals surface area contributed by atoms with Crippen LogP contribution in [0.4, 0.5) is 5.95 Å². The summed E-state index contributed by atoms with van der Waals surface area (Å²) in [5.74, 6) is 1.16. The summed E-state index contributed by atoms with van der Waals surface area (Å²) in [7, 11) is -1.98. The van der Waals surface area contributed by atoms with E-state index in [1.54, 1.807) is 13.1 Å². The number of sulfonamides is 1. The fourth-order valence-corrected chi connectivity index (χ4v) is 5.27. The van der Waals surface area contributed by atoms with Crippen molar-refractivity contribution in [1.29, 1.82) is 0 Å². The average molecular weight is 389 g/mol. The van der Waals surface area contributed by atoms with Crippen LogP contribution < -0.4 is 10.0 Å². The molecule has 1 aromatic carbocycles. The van der Waals surface area contributed by atoms with Crippen molar-refractivity contribution in [2.24, 2.45) is 0 Å². The fourth-order valence-electron chi connectivity index (χ4n) is 3.78. The zero-order chi connectivity index (χ0) is 19.2.